The van der Waals surface area contributed by atoms with Crippen LogP contribution < -0.4 is 0 Å². The normalized spacial score (nSPS) is 14.1. The maximum absolute atomic E-state index is 12.3. The maximum atomic E-state index is 12.3. The van der Waals surface area contributed by atoms with E-state index in [1.54, 1.807) is 11.3 Å². The van der Waals surface area contributed by atoms with Crippen molar-refractivity contribution in [2.24, 2.45) is 4.40 Å². The Kier molecular flexibility index (Phi) is 6.43. The van der Waals surface area contributed by atoms with Crippen LogP contribution in [0.2, 0.25) is 0 Å². The molecule has 0 N–H and O–H groups in total. The lowest BCUT2D eigenvalue weighted by Gasteiger charge is -2.24. The third kappa shape index (κ3) is 4.74. The zero-order chi connectivity index (χ0) is 20.4. The van der Waals surface area contributed by atoms with Gasteiger partial charge in [-0.15, -0.1) is 11.3 Å². The molecule has 2 aromatic rings. The summed E-state index contributed by atoms with van der Waals surface area (Å²) in [6.45, 7) is 11.3. The first kappa shape index (κ1) is 21.5. The predicted molar refractivity (Wildman–Crippen MR) is 115 cm³/mol. The summed E-state index contributed by atoms with van der Waals surface area (Å²) in [7, 11) is 0.112. The Hall–Kier alpha value is -1.79. The molecule has 0 aliphatic carbocycles. The summed E-state index contributed by atoms with van der Waals surface area (Å²) < 4.78 is 21.3. The molecule has 1 unspecified atom stereocenters. The molecule has 146 valence electrons. The van der Waals surface area contributed by atoms with Gasteiger partial charge in [-0.3, -0.25) is 4.79 Å². The number of thiophene rings is 1. The molecule has 1 atom stereocenters. The van der Waals surface area contributed by atoms with E-state index in [-0.39, 0.29) is 5.97 Å². The summed E-state index contributed by atoms with van der Waals surface area (Å²) >= 11 is 1.58. The molecule has 0 aliphatic rings. The van der Waals surface area contributed by atoms with E-state index in [1.165, 1.54) is 7.11 Å². The minimum atomic E-state index is -1.30. The van der Waals surface area contributed by atoms with Crippen molar-refractivity contribution in [3.8, 4) is 10.4 Å². The highest BCUT2D eigenvalue weighted by Crippen LogP contribution is 2.37. The second-order valence-corrected chi connectivity index (χ2v) is 10.9. The van der Waals surface area contributed by atoms with Gasteiger partial charge in [0.15, 0.2) is 0 Å². The molecular formula is C21H27NO3S2. The molecule has 1 aromatic carbocycles. The van der Waals surface area contributed by atoms with Crippen molar-refractivity contribution in [2.45, 2.75) is 51.7 Å². The molecule has 6 heteroatoms. The van der Waals surface area contributed by atoms with Crippen LogP contribution in [0.25, 0.3) is 10.4 Å². The first-order chi connectivity index (χ1) is 12.5. The SMILES string of the molecule is COC(=O)C(C)(C)c1ccccc1-c1ccc(/C(C)=N\S(=O)C(C)(C)C)s1. The van der Waals surface area contributed by atoms with E-state index < -0.39 is 21.1 Å². The second kappa shape index (κ2) is 8.07. The number of benzene rings is 1. The molecule has 0 bridgehead atoms. The van der Waals surface area contributed by atoms with Crippen LogP contribution in [0.15, 0.2) is 40.8 Å². The van der Waals surface area contributed by atoms with Crippen LogP contribution in [0.4, 0.5) is 0 Å². The predicted octanol–water partition coefficient (Wildman–Crippen LogP) is 5.14. The topological polar surface area (TPSA) is 55.7 Å². The van der Waals surface area contributed by atoms with Crippen LogP contribution >= 0.6 is 11.3 Å². The summed E-state index contributed by atoms with van der Waals surface area (Å²) in [4.78, 5) is 14.3. The Bertz CT molecular complexity index is 889. The third-order valence-corrected chi connectivity index (χ3v) is 6.98. The molecule has 0 saturated carbocycles. The molecule has 0 amide bonds. The second-order valence-electron chi connectivity index (χ2n) is 7.86. The summed E-state index contributed by atoms with van der Waals surface area (Å²) in [6.07, 6.45) is 0. The monoisotopic (exact) mass is 405 g/mol. The lowest BCUT2D eigenvalue weighted by Crippen LogP contribution is -2.30. The number of carbonyl (C=O) groups is 1. The minimum Gasteiger partial charge on any atom is -0.468 e. The summed E-state index contributed by atoms with van der Waals surface area (Å²) in [5.74, 6) is -0.273. The molecule has 1 aromatic heterocycles. The van der Waals surface area contributed by atoms with Crippen LogP contribution in [0.3, 0.4) is 0 Å². The smallest absolute Gasteiger partial charge is 0.315 e. The van der Waals surface area contributed by atoms with E-state index in [1.807, 2.05) is 77.9 Å². The van der Waals surface area contributed by atoms with E-state index >= 15 is 0 Å². The van der Waals surface area contributed by atoms with E-state index in [2.05, 4.69) is 4.40 Å². The summed E-state index contributed by atoms with van der Waals surface area (Å²) in [6, 6.07) is 11.9. The number of methoxy groups -OCH3 is 1. The lowest BCUT2D eigenvalue weighted by atomic mass is 9.81. The zero-order valence-corrected chi connectivity index (χ0v) is 18.6. The number of hydrogen-bond acceptors (Lipinski definition) is 4. The first-order valence-electron chi connectivity index (χ1n) is 8.74. The van der Waals surface area contributed by atoms with Gasteiger partial charge >= 0.3 is 5.97 Å². The molecule has 0 radical (unpaired) electrons. The van der Waals surface area contributed by atoms with Crippen molar-refractivity contribution in [1.29, 1.82) is 0 Å². The van der Waals surface area contributed by atoms with Crippen LogP contribution in [0.5, 0.6) is 0 Å². The molecular weight excluding hydrogens is 378 g/mol. The third-order valence-electron chi connectivity index (χ3n) is 4.27. The number of nitrogens with zero attached hydrogens (tertiary/aromatic N) is 1. The van der Waals surface area contributed by atoms with Crippen molar-refractivity contribution < 1.29 is 13.7 Å². The fraction of sp³-hybridized carbons (Fsp3) is 0.429. The Labute approximate surface area is 168 Å². The van der Waals surface area contributed by atoms with Gasteiger partial charge in [-0.25, -0.2) is 4.21 Å². The molecule has 2 rings (SSSR count). The van der Waals surface area contributed by atoms with Gasteiger partial charge in [0, 0.05) is 9.75 Å². The minimum absolute atomic E-state index is 0.273. The number of esters is 1. The highest BCUT2D eigenvalue weighted by Gasteiger charge is 2.33. The average Bonchev–Trinajstić information content (AvgIpc) is 3.10. The number of ether oxygens (including phenoxy) is 1. The van der Waals surface area contributed by atoms with Gasteiger partial charge in [-0.2, -0.15) is 4.40 Å². The quantitative estimate of drug-likeness (QED) is 0.511. The average molecular weight is 406 g/mol. The molecule has 0 saturated heterocycles. The van der Waals surface area contributed by atoms with Crippen molar-refractivity contribution >= 4 is 34.0 Å². The lowest BCUT2D eigenvalue weighted by molar-refractivity contribution is -0.146. The Morgan fingerprint density at radius 1 is 1.07 bits per heavy atom. The van der Waals surface area contributed by atoms with E-state index in [4.69, 9.17) is 4.74 Å². The summed E-state index contributed by atoms with van der Waals surface area (Å²) in [5.41, 5.74) is 1.91. The van der Waals surface area contributed by atoms with Gasteiger partial charge < -0.3 is 4.74 Å². The van der Waals surface area contributed by atoms with Gasteiger partial charge in [-0.1, -0.05) is 24.3 Å². The molecule has 1 heterocycles. The van der Waals surface area contributed by atoms with Crippen LogP contribution in [0, 0.1) is 0 Å². The van der Waals surface area contributed by atoms with Crippen LogP contribution in [0.1, 0.15) is 52.0 Å². The van der Waals surface area contributed by atoms with Crippen molar-refractivity contribution in [2.75, 3.05) is 7.11 Å². The number of rotatable bonds is 5. The van der Waals surface area contributed by atoms with Gasteiger partial charge in [0.1, 0.15) is 11.0 Å². The van der Waals surface area contributed by atoms with Gasteiger partial charge in [0.2, 0.25) is 0 Å². The highest BCUT2D eigenvalue weighted by molar-refractivity contribution is 7.85. The zero-order valence-electron chi connectivity index (χ0n) is 17.0. The first-order valence-corrected chi connectivity index (χ1v) is 10.7. The van der Waals surface area contributed by atoms with Crippen molar-refractivity contribution in [3.63, 3.8) is 0 Å². The Balaban J connectivity index is 2.45. The largest absolute Gasteiger partial charge is 0.468 e. The van der Waals surface area contributed by atoms with E-state index in [0.717, 1.165) is 26.6 Å². The van der Waals surface area contributed by atoms with Crippen LogP contribution in [-0.4, -0.2) is 27.7 Å². The van der Waals surface area contributed by atoms with Gasteiger partial charge in [0.25, 0.3) is 0 Å². The Morgan fingerprint density at radius 3 is 2.30 bits per heavy atom. The fourth-order valence-electron chi connectivity index (χ4n) is 2.59. The molecule has 0 fully saturated rings. The highest BCUT2D eigenvalue weighted by atomic mass is 32.2. The Morgan fingerprint density at radius 2 is 1.70 bits per heavy atom. The molecule has 0 spiro atoms. The number of carbonyl (C=O) groups excluding carboxylic acids is 1. The number of hydrogen-bond donors (Lipinski definition) is 0. The van der Waals surface area contributed by atoms with Gasteiger partial charge in [0.05, 0.1) is 23.0 Å². The molecule has 4 nitrogen and oxygen atoms in total. The maximum Gasteiger partial charge on any atom is 0.315 e. The molecule has 27 heavy (non-hydrogen) atoms. The summed E-state index contributed by atoms with van der Waals surface area (Å²) in [5, 5.41) is 0. The van der Waals surface area contributed by atoms with E-state index in [0.29, 0.717) is 0 Å². The van der Waals surface area contributed by atoms with Crippen molar-refractivity contribution in [3.05, 3.63) is 46.8 Å². The standard InChI is InChI=1S/C21H27NO3S2/c1-14(22-27(24)20(2,3)4)17-12-13-18(26-17)15-10-8-9-11-16(15)21(5,6)19(23)25-7/h8-13H,1-7H3/b22-14-. The van der Waals surface area contributed by atoms with E-state index in [9.17, 15) is 9.00 Å². The van der Waals surface area contributed by atoms with Gasteiger partial charge in [-0.05, 0) is 64.8 Å². The van der Waals surface area contributed by atoms with Crippen LogP contribution in [-0.2, 0) is 25.9 Å². The fourth-order valence-corrected chi connectivity index (χ4v) is 4.26. The van der Waals surface area contributed by atoms with Crippen molar-refractivity contribution in [1.82, 2.24) is 0 Å². The molecule has 0 aliphatic heterocycles.